The van der Waals surface area contributed by atoms with Gasteiger partial charge in [-0.3, -0.25) is 4.98 Å². The molecular weight excluding hydrogens is 174 g/mol. The van der Waals surface area contributed by atoms with Crippen molar-refractivity contribution in [1.29, 1.82) is 0 Å². The molecular formula is C11H17N3. The molecule has 3 nitrogen and oxygen atoms in total. The van der Waals surface area contributed by atoms with Gasteiger partial charge in [0.05, 0.1) is 0 Å². The smallest absolute Gasteiger partial charge is 0.0300 e. The molecule has 2 N–H and O–H groups in total. The number of nitrogens with two attached hydrogens (primary N) is 1. The maximum atomic E-state index is 5.84. The molecule has 0 radical (unpaired) electrons. The van der Waals surface area contributed by atoms with E-state index >= 15 is 0 Å². The molecule has 1 atom stereocenters. The van der Waals surface area contributed by atoms with E-state index in [2.05, 4.69) is 16.0 Å². The third-order valence-electron chi connectivity index (χ3n) is 2.75. The minimum Gasteiger partial charge on any atom is -0.326 e. The summed E-state index contributed by atoms with van der Waals surface area (Å²) in [5.74, 6) is 0. The fourth-order valence-corrected chi connectivity index (χ4v) is 1.90. The number of likely N-dealkylation sites (tertiary alicyclic amines) is 1. The van der Waals surface area contributed by atoms with Crippen LogP contribution in [0.1, 0.15) is 12.0 Å². The van der Waals surface area contributed by atoms with Gasteiger partial charge in [-0.15, -0.1) is 0 Å². The molecule has 1 aliphatic rings. The van der Waals surface area contributed by atoms with Gasteiger partial charge in [-0.25, -0.2) is 0 Å². The predicted molar refractivity (Wildman–Crippen MR) is 57.0 cm³/mol. The van der Waals surface area contributed by atoms with Gasteiger partial charge < -0.3 is 10.6 Å². The lowest BCUT2D eigenvalue weighted by Gasteiger charge is -2.14. The number of rotatable bonds is 3. The number of nitrogens with zero attached hydrogens (tertiary/aromatic N) is 2. The van der Waals surface area contributed by atoms with Crippen molar-refractivity contribution in [3.63, 3.8) is 0 Å². The Hall–Kier alpha value is -0.930. The van der Waals surface area contributed by atoms with E-state index in [1.807, 2.05) is 18.5 Å². The number of hydrogen-bond donors (Lipinski definition) is 1. The van der Waals surface area contributed by atoms with Crippen molar-refractivity contribution in [1.82, 2.24) is 9.88 Å². The van der Waals surface area contributed by atoms with Gasteiger partial charge >= 0.3 is 0 Å². The van der Waals surface area contributed by atoms with Crippen molar-refractivity contribution in [2.75, 3.05) is 19.6 Å². The van der Waals surface area contributed by atoms with Crippen LogP contribution < -0.4 is 5.73 Å². The quantitative estimate of drug-likeness (QED) is 0.763. The normalized spacial score (nSPS) is 22.8. The second-order valence-corrected chi connectivity index (χ2v) is 3.96. The molecule has 3 heteroatoms. The monoisotopic (exact) mass is 191 g/mol. The molecule has 2 heterocycles. The Labute approximate surface area is 84.9 Å². The Balaban J connectivity index is 1.78. The Morgan fingerprint density at radius 3 is 3.14 bits per heavy atom. The molecule has 14 heavy (non-hydrogen) atoms. The van der Waals surface area contributed by atoms with Gasteiger partial charge in [0.15, 0.2) is 0 Å². The van der Waals surface area contributed by atoms with Gasteiger partial charge in [0.1, 0.15) is 0 Å². The Morgan fingerprint density at radius 1 is 1.57 bits per heavy atom. The van der Waals surface area contributed by atoms with Crippen LogP contribution in [-0.2, 0) is 6.42 Å². The van der Waals surface area contributed by atoms with Crippen molar-refractivity contribution in [2.24, 2.45) is 5.73 Å². The van der Waals surface area contributed by atoms with E-state index < -0.39 is 0 Å². The van der Waals surface area contributed by atoms with E-state index in [-0.39, 0.29) is 0 Å². The average molecular weight is 191 g/mol. The fourth-order valence-electron chi connectivity index (χ4n) is 1.90. The largest absolute Gasteiger partial charge is 0.326 e. The third kappa shape index (κ3) is 2.53. The minimum atomic E-state index is 0.392. The second kappa shape index (κ2) is 4.53. The van der Waals surface area contributed by atoms with Crippen LogP contribution in [0.5, 0.6) is 0 Å². The predicted octanol–water partition coefficient (Wildman–Crippen LogP) is 0.657. The summed E-state index contributed by atoms with van der Waals surface area (Å²) in [6.07, 6.45) is 5.98. The number of pyridine rings is 1. The lowest BCUT2D eigenvalue weighted by molar-refractivity contribution is 0.339. The topological polar surface area (TPSA) is 42.1 Å². The van der Waals surface area contributed by atoms with E-state index in [9.17, 15) is 0 Å². The van der Waals surface area contributed by atoms with E-state index in [4.69, 9.17) is 5.73 Å². The van der Waals surface area contributed by atoms with Gasteiger partial charge in [-0.2, -0.15) is 0 Å². The molecule has 0 aromatic carbocycles. The summed E-state index contributed by atoms with van der Waals surface area (Å²) in [5.41, 5.74) is 7.15. The van der Waals surface area contributed by atoms with E-state index in [0.717, 1.165) is 32.5 Å². The molecule has 1 aliphatic heterocycles. The van der Waals surface area contributed by atoms with Crippen LogP contribution in [0, 0.1) is 0 Å². The number of hydrogen-bond acceptors (Lipinski definition) is 3. The van der Waals surface area contributed by atoms with Crippen molar-refractivity contribution in [3.05, 3.63) is 30.1 Å². The molecule has 0 bridgehead atoms. The summed E-state index contributed by atoms with van der Waals surface area (Å²) in [6, 6.07) is 4.51. The molecule has 0 saturated carbocycles. The van der Waals surface area contributed by atoms with Gasteiger partial charge in [-0.05, 0) is 31.0 Å². The first-order chi connectivity index (χ1) is 6.84. The minimum absolute atomic E-state index is 0.392. The van der Waals surface area contributed by atoms with Crippen molar-refractivity contribution >= 4 is 0 Å². The zero-order chi connectivity index (χ0) is 9.80. The molecule has 0 unspecified atom stereocenters. The second-order valence-electron chi connectivity index (χ2n) is 3.96. The summed E-state index contributed by atoms with van der Waals surface area (Å²) in [7, 11) is 0. The van der Waals surface area contributed by atoms with Gasteiger partial charge in [-0.1, -0.05) is 6.07 Å². The molecule has 1 fully saturated rings. The molecule has 2 rings (SSSR count). The first-order valence-electron chi connectivity index (χ1n) is 5.21. The molecule has 1 saturated heterocycles. The van der Waals surface area contributed by atoms with Crippen LogP contribution in [-0.4, -0.2) is 35.6 Å². The van der Waals surface area contributed by atoms with Crippen LogP contribution >= 0.6 is 0 Å². The maximum Gasteiger partial charge on any atom is 0.0300 e. The zero-order valence-electron chi connectivity index (χ0n) is 8.39. The van der Waals surface area contributed by atoms with E-state index in [1.54, 1.807) is 0 Å². The van der Waals surface area contributed by atoms with Crippen molar-refractivity contribution in [2.45, 2.75) is 18.9 Å². The molecule has 1 aromatic rings. The van der Waals surface area contributed by atoms with Crippen LogP contribution in [0.2, 0.25) is 0 Å². The maximum absolute atomic E-state index is 5.84. The van der Waals surface area contributed by atoms with Gasteiger partial charge in [0.25, 0.3) is 0 Å². The highest BCUT2D eigenvalue weighted by Gasteiger charge is 2.17. The van der Waals surface area contributed by atoms with Crippen molar-refractivity contribution in [3.8, 4) is 0 Å². The van der Waals surface area contributed by atoms with Gasteiger partial charge in [0.2, 0.25) is 0 Å². The summed E-state index contributed by atoms with van der Waals surface area (Å²) in [5, 5.41) is 0. The van der Waals surface area contributed by atoms with Crippen LogP contribution in [0.4, 0.5) is 0 Å². The summed E-state index contributed by atoms with van der Waals surface area (Å²) in [6.45, 7) is 3.32. The van der Waals surface area contributed by atoms with Crippen LogP contribution in [0.3, 0.4) is 0 Å². The van der Waals surface area contributed by atoms with E-state index in [1.165, 1.54) is 5.56 Å². The van der Waals surface area contributed by atoms with Gasteiger partial charge in [0, 0.05) is 31.5 Å². The van der Waals surface area contributed by atoms with Crippen LogP contribution in [0.25, 0.3) is 0 Å². The Morgan fingerprint density at radius 2 is 2.50 bits per heavy atom. The molecule has 76 valence electrons. The molecule has 0 aliphatic carbocycles. The Kier molecular flexibility index (Phi) is 3.11. The molecule has 0 spiro atoms. The first-order valence-corrected chi connectivity index (χ1v) is 5.21. The van der Waals surface area contributed by atoms with Crippen molar-refractivity contribution < 1.29 is 0 Å². The lowest BCUT2D eigenvalue weighted by Crippen LogP contribution is -2.28. The summed E-state index contributed by atoms with van der Waals surface area (Å²) < 4.78 is 0. The van der Waals surface area contributed by atoms with E-state index in [0.29, 0.717) is 6.04 Å². The summed E-state index contributed by atoms with van der Waals surface area (Å²) >= 11 is 0. The highest BCUT2D eigenvalue weighted by molar-refractivity contribution is 5.08. The fraction of sp³-hybridized carbons (Fsp3) is 0.545. The Bertz CT molecular complexity index is 273. The standard InChI is InChI=1S/C11H17N3/c12-11-4-7-14(9-11)6-3-10-2-1-5-13-8-10/h1-2,5,8,11H,3-4,6-7,9,12H2/t11-/m1/s1. The first kappa shape index (κ1) is 9.62. The average Bonchev–Trinajstić information content (AvgIpc) is 2.63. The highest BCUT2D eigenvalue weighted by Crippen LogP contribution is 2.08. The molecule has 1 aromatic heterocycles. The molecule has 0 amide bonds. The lowest BCUT2D eigenvalue weighted by atomic mass is 10.2. The highest BCUT2D eigenvalue weighted by atomic mass is 15.2. The SMILES string of the molecule is N[C@@H]1CCN(CCc2cccnc2)C1. The summed E-state index contributed by atoms with van der Waals surface area (Å²) in [4.78, 5) is 6.53. The van der Waals surface area contributed by atoms with Crippen LogP contribution in [0.15, 0.2) is 24.5 Å². The third-order valence-corrected chi connectivity index (χ3v) is 2.75. The number of aromatic nitrogens is 1. The zero-order valence-corrected chi connectivity index (χ0v) is 8.39.